The van der Waals surface area contributed by atoms with Crippen LogP contribution in [-0.2, 0) is 14.3 Å². The number of carbonyl (C=O) groups excluding carboxylic acids is 1. The van der Waals surface area contributed by atoms with Crippen LogP contribution in [0.1, 0.15) is 27.2 Å². The van der Waals surface area contributed by atoms with Crippen molar-refractivity contribution in [1.82, 2.24) is 0 Å². The molecule has 1 atom stereocenters. The van der Waals surface area contributed by atoms with Gasteiger partial charge >= 0.3 is 12.6 Å². The van der Waals surface area contributed by atoms with Crippen LogP contribution in [0.3, 0.4) is 0 Å². The Balaban J connectivity index is 4.28. The van der Waals surface area contributed by atoms with Crippen LogP contribution in [0, 0.1) is 0 Å². The smallest absolute Gasteiger partial charge is 0.346 e. The molecule has 4 nitrogen and oxygen atoms in total. The van der Waals surface area contributed by atoms with E-state index >= 15 is 0 Å². The topological polar surface area (TPSA) is 61.5 Å². The molecule has 0 radical (unpaired) electrons. The van der Waals surface area contributed by atoms with Crippen molar-refractivity contribution in [3.05, 3.63) is 0 Å². The molecule has 0 saturated heterocycles. The van der Waals surface area contributed by atoms with Crippen LogP contribution in [-0.4, -0.2) is 30.8 Å². The van der Waals surface area contributed by atoms with Gasteiger partial charge in [-0.2, -0.15) is 8.78 Å². The number of esters is 1. The lowest BCUT2D eigenvalue weighted by atomic mass is 10.2. The average Bonchev–Trinajstić information content (AvgIpc) is 1.99. The minimum absolute atomic E-state index is 0.0131. The van der Waals surface area contributed by atoms with Gasteiger partial charge in [-0.05, 0) is 33.7 Å². The van der Waals surface area contributed by atoms with Gasteiger partial charge in [-0.15, -0.1) is 0 Å². The number of rotatable bonds is 5. The molecular weight excluding hydrogens is 208 g/mol. The largest absolute Gasteiger partial charge is 0.458 e. The number of hydrogen-bond acceptors (Lipinski definition) is 4. The molecule has 0 unspecified atom stereocenters. The zero-order valence-electron chi connectivity index (χ0n) is 9.13. The summed E-state index contributed by atoms with van der Waals surface area (Å²) in [5, 5.41) is 0. The highest BCUT2D eigenvalue weighted by Crippen LogP contribution is 2.13. The summed E-state index contributed by atoms with van der Waals surface area (Å²) in [6.45, 7) is 2.01. The molecular formula is C9H17F2NO3. The molecule has 0 spiro atoms. The highest BCUT2D eigenvalue weighted by Gasteiger charge is 2.27. The molecule has 0 aliphatic carbocycles. The number of ether oxygens (including phenoxy) is 2. The number of hydrogen-bond donors (Lipinski definition) is 1. The van der Waals surface area contributed by atoms with Gasteiger partial charge in [0.25, 0.3) is 0 Å². The van der Waals surface area contributed by atoms with E-state index in [4.69, 9.17) is 10.5 Å². The highest BCUT2D eigenvalue weighted by molar-refractivity contribution is 5.75. The molecule has 0 heterocycles. The summed E-state index contributed by atoms with van der Waals surface area (Å²) in [4.78, 5) is 11.3. The molecule has 6 heteroatoms. The monoisotopic (exact) mass is 225 g/mol. The molecule has 0 bridgehead atoms. The Morgan fingerprint density at radius 1 is 1.40 bits per heavy atom. The van der Waals surface area contributed by atoms with E-state index in [2.05, 4.69) is 4.74 Å². The van der Waals surface area contributed by atoms with Gasteiger partial charge in [-0.1, -0.05) is 0 Å². The van der Waals surface area contributed by atoms with Crippen LogP contribution >= 0.6 is 0 Å². The maximum atomic E-state index is 11.9. The fourth-order valence-electron chi connectivity index (χ4n) is 0.884. The number of alkyl halides is 2. The lowest BCUT2D eigenvalue weighted by Gasteiger charge is -2.23. The average molecular weight is 225 g/mol. The Morgan fingerprint density at radius 3 is 2.27 bits per heavy atom. The first-order valence-electron chi connectivity index (χ1n) is 4.63. The lowest BCUT2D eigenvalue weighted by Crippen LogP contribution is -2.35. The summed E-state index contributed by atoms with van der Waals surface area (Å²) in [5.41, 5.74) is 4.45. The second-order valence-electron chi connectivity index (χ2n) is 4.00. The Kier molecular flexibility index (Phi) is 5.67. The van der Waals surface area contributed by atoms with Crippen molar-refractivity contribution in [3.8, 4) is 0 Å². The second-order valence-corrected chi connectivity index (χ2v) is 4.00. The van der Waals surface area contributed by atoms with E-state index in [9.17, 15) is 13.6 Å². The van der Waals surface area contributed by atoms with E-state index in [1.54, 1.807) is 20.8 Å². The van der Waals surface area contributed by atoms with Crippen LogP contribution in [0.4, 0.5) is 8.78 Å². The number of halogens is 2. The van der Waals surface area contributed by atoms with Crippen LogP contribution < -0.4 is 5.73 Å². The van der Waals surface area contributed by atoms with Crippen molar-refractivity contribution in [2.75, 3.05) is 6.54 Å². The third kappa shape index (κ3) is 7.21. The van der Waals surface area contributed by atoms with E-state index in [0.717, 1.165) is 0 Å². The van der Waals surface area contributed by atoms with Crippen LogP contribution in [0.5, 0.6) is 0 Å². The summed E-state index contributed by atoms with van der Waals surface area (Å²) < 4.78 is 32.9. The molecule has 0 fully saturated rings. The van der Waals surface area contributed by atoms with Gasteiger partial charge in [0.2, 0.25) is 0 Å². The quantitative estimate of drug-likeness (QED) is 0.716. The van der Waals surface area contributed by atoms with Gasteiger partial charge in [0.15, 0.2) is 6.10 Å². The molecule has 0 aliphatic rings. The third-order valence-corrected chi connectivity index (χ3v) is 1.37. The summed E-state index contributed by atoms with van der Waals surface area (Å²) in [7, 11) is 0. The number of carbonyl (C=O) groups is 1. The fraction of sp³-hybridized carbons (Fsp3) is 0.889. The first-order chi connectivity index (χ1) is 6.76. The molecule has 0 amide bonds. The van der Waals surface area contributed by atoms with E-state index in [1.165, 1.54) is 0 Å². The van der Waals surface area contributed by atoms with E-state index in [1.807, 2.05) is 0 Å². The molecule has 2 N–H and O–H groups in total. The van der Waals surface area contributed by atoms with Crippen molar-refractivity contribution in [1.29, 1.82) is 0 Å². The molecule has 0 saturated carbocycles. The van der Waals surface area contributed by atoms with Gasteiger partial charge in [-0.3, -0.25) is 0 Å². The Labute approximate surface area is 87.7 Å². The zero-order chi connectivity index (χ0) is 12.1. The highest BCUT2D eigenvalue weighted by atomic mass is 19.3. The normalized spacial score (nSPS) is 14.1. The SMILES string of the molecule is CC(C)(C)OC(=O)[C@H](CCN)OC(F)F. The second kappa shape index (κ2) is 5.97. The van der Waals surface area contributed by atoms with E-state index in [-0.39, 0.29) is 13.0 Å². The molecule has 0 aromatic heterocycles. The summed E-state index contributed by atoms with van der Waals surface area (Å²) in [6.07, 6.45) is -1.28. The zero-order valence-corrected chi connectivity index (χ0v) is 9.13. The minimum Gasteiger partial charge on any atom is -0.458 e. The van der Waals surface area contributed by atoms with Crippen LogP contribution in [0.25, 0.3) is 0 Å². The maximum absolute atomic E-state index is 11.9. The molecule has 0 aromatic carbocycles. The molecule has 90 valence electrons. The van der Waals surface area contributed by atoms with Crippen molar-refractivity contribution < 1.29 is 23.0 Å². The van der Waals surface area contributed by atoms with E-state index in [0.29, 0.717) is 0 Å². The lowest BCUT2D eigenvalue weighted by molar-refractivity contribution is -0.199. The van der Waals surface area contributed by atoms with Gasteiger partial charge < -0.3 is 15.2 Å². The van der Waals surface area contributed by atoms with Crippen LogP contribution in [0.15, 0.2) is 0 Å². The standard InChI is InChI=1S/C9H17F2NO3/c1-9(2,3)15-7(13)6(4-5-12)14-8(10)11/h6,8H,4-5,12H2,1-3H3/t6-/m0/s1. The number of nitrogens with two attached hydrogens (primary N) is 1. The Hall–Kier alpha value is -0.750. The van der Waals surface area contributed by atoms with Crippen molar-refractivity contribution in [2.24, 2.45) is 5.73 Å². The molecule has 15 heavy (non-hydrogen) atoms. The first-order valence-corrected chi connectivity index (χ1v) is 4.63. The summed E-state index contributed by atoms with van der Waals surface area (Å²) >= 11 is 0. The molecule has 0 rings (SSSR count). The first kappa shape index (κ1) is 14.2. The van der Waals surface area contributed by atoms with Gasteiger partial charge in [0.05, 0.1) is 0 Å². The van der Waals surface area contributed by atoms with Gasteiger partial charge in [0, 0.05) is 0 Å². The minimum atomic E-state index is -3.01. The summed E-state index contributed by atoms with van der Waals surface area (Å²) in [6, 6.07) is 0. The predicted octanol–water partition coefficient (Wildman–Crippen LogP) is 1.28. The Bertz CT molecular complexity index is 204. The fourth-order valence-corrected chi connectivity index (χ4v) is 0.884. The summed E-state index contributed by atoms with van der Waals surface area (Å²) in [5.74, 6) is -0.812. The van der Waals surface area contributed by atoms with Gasteiger partial charge in [-0.25, -0.2) is 4.79 Å². The predicted molar refractivity (Wildman–Crippen MR) is 50.4 cm³/mol. The van der Waals surface area contributed by atoms with Crippen LogP contribution in [0.2, 0.25) is 0 Å². The van der Waals surface area contributed by atoms with Gasteiger partial charge in [0.1, 0.15) is 5.60 Å². The molecule has 0 aromatic rings. The third-order valence-electron chi connectivity index (χ3n) is 1.37. The molecule has 0 aliphatic heterocycles. The van der Waals surface area contributed by atoms with Crippen molar-refractivity contribution in [3.63, 3.8) is 0 Å². The Morgan fingerprint density at radius 2 is 1.93 bits per heavy atom. The maximum Gasteiger partial charge on any atom is 0.346 e. The van der Waals surface area contributed by atoms with Crippen molar-refractivity contribution >= 4 is 5.97 Å². The van der Waals surface area contributed by atoms with Crippen molar-refractivity contribution in [2.45, 2.75) is 45.5 Å². The van der Waals surface area contributed by atoms with E-state index < -0.39 is 24.3 Å².